The second kappa shape index (κ2) is 4.33. The van der Waals surface area contributed by atoms with Crippen LogP contribution in [0, 0.1) is 0 Å². The van der Waals surface area contributed by atoms with Crippen molar-refractivity contribution >= 4 is 0 Å². The maximum atomic E-state index is 5.01. The lowest BCUT2D eigenvalue weighted by atomic mass is 10.2. The monoisotopic (exact) mass is 126 g/mol. The van der Waals surface area contributed by atoms with Crippen molar-refractivity contribution in [1.29, 1.82) is 0 Å². The average Bonchev–Trinajstić information content (AvgIpc) is 1.87. The Morgan fingerprint density at radius 1 is 1.67 bits per heavy atom. The average molecular weight is 126 g/mol. The van der Waals surface area contributed by atoms with Crippen LogP contribution in [0.25, 0.3) is 0 Å². The SMILES string of the molecule is C=C(C=CC)C(C)OC. The van der Waals surface area contributed by atoms with Gasteiger partial charge in [-0.25, -0.2) is 0 Å². The van der Waals surface area contributed by atoms with Gasteiger partial charge in [0.1, 0.15) is 0 Å². The predicted octanol–water partition coefficient (Wildman–Crippen LogP) is 2.15. The summed E-state index contributed by atoms with van der Waals surface area (Å²) in [4.78, 5) is 0. The smallest absolute Gasteiger partial charge is 0.0787 e. The maximum Gasteiger partial charge on any atom is 0.0787 e. The number of methoxy groups -OCH3 is 1. The summed E-state index contributed by atoms with van der Waals surface area (Å²) in [5.74, 6) is 0. The lowest BCUT2D eigenvalue weighted by Crippen LogP contribution is -2.05. The molecule has 0 radical (unpaired) electrons. The molecule has 1 unspecified atom stereocenters. The molecule has 0 aliphatic carbocycles. The van der Waals surface area contributed by atoms with E-state index in [1.807, 2.05) is 26.0 Å². The van der Waals surface area contributed by atoms with Gasteiger partial charge in [0.05, 0.1) is 6.10 Å². The molecule has 0 heterocycles. The van der Waals surface area contributed by atoms with Crippen molar-refractivity contribution in [3.63, 3.8) is 0 Å². The largest absolute Gasteiger partial charge is 0.377 e. The molecule has 0 saturated heterocycles. The lowest BCUT2D eigenvalue weighted by Gasteiger charge is -2.07. The van der Waals surface area contributed by atoms with Gasteiger partial charge in [-0.1, -0.05) is 18.7 Å². The van der Waals surface area contributed by atoms with Gasteiger partial charge in [-0.15, -0.1) is 0 Å². The van der Waals surface area contributed by atoms with Crippen LogP contribution in [0.4, 0.5) is 0 Å². The topological polar surface area (TPSA) is 9.23 Å². The maximum absolute atomic E-state index is 5.01. The van der Waals surface area contributed by atoms with Crippen LogP contribution >= 0.6 is 0 Å². The fourth-order valence-corrected chi connectivity index (χ4v) is 0.501. The molecule has 0 aromatic carbocycles. The molecule has 0 saturated carbocycles. The van der Waals surface area contributed by atoms with Gasteiger partial charge in [-0.05, 0) is 19.4 Å². The van der Waals surface area contributed by atoms with E-state index in [1.165, 1.54) is 0 Å². The highest BCUT2D eigenvalue weighted by atomic mass is 16.5. The highest BCUT2D eigenvalue weighted by Gasteiger charge is 1.98. The third-order valence-electron chi connectivity index (χ3n) is 1.26. The molecule has 0 amide bonds. The van der Waals surface area contributed by atoms with Crippen molar-refractivity contribution in [2.75, 3.05) is 7.11 Å². The van der Waals surface area contributed by atoms with E-state index in [9.17, 15) is 0 Å². The molecule has 1 heteroatoms. The normalized spacial score (nSPS) is 14.1. The van der Waals surface area contributed by atoms with E-state index < -0.39 is 0 Å². The first kappa shape index (κ1) is 8.44. The molecule has 0 N–H and O–H groups in total. The summed E-state index contributed by atoms with van der Waals surface area (Å²) in [5, 5.41) is 0. The third-order valence-corrected chi connectivity index (χ3v) is 1.26. The number of hydrogen-bond acceptors (Lipinski definition) is 1. The molecule has 0 aromatic heterocycles. The quantitative estimate of drug-likeness (QED) is 0.526. The standard InChI is InChI=1S/C8H14O/c1-5-6-7(2)8(3)9-4/h5-6,8H,2H2,1,3-4H3. The Morgan fingerprint density at radius 2 is 2.22 bits per heavy atom. The Kier molecular flexibility index (Phi) is 4.06. The summed E-state index contributed by atoms with van der Waals surface area (Å²) < 4.78 is 5.01. The number of allylic oxidation sites excluding steroid dienone is 1. The molecule has 1 nitrogen and oxygen atoms in total. The van der Waals surface area contributed by atoms with Crippen LogP contribution < -0.4 is 0 Å². The highest BCUT2D eigenvalue weighted by Crippen LogP contribution is 2.02. The first-order chi connectivity index (χ1) is 4.22. The third kappa shape index (κ3) is 3.09. The summed E-state index contributed by atoms with van der Waals surface area (Å²) in [7, 11) is 1.68. The lowest BCUT2D eigenvalue weighted by molar-refractivity contribution is 0.150. The summed E-state index contributed by atoms with van der Waals surface area (Å²) in [5.41, 5.74) is 1.01. The Balaban J connectivity index is 3.73. The number of ether oxygens (including phenoxy) is 1. The molecule has 0 bridgehead atoms. The summed E-state index contributed by atoms with van der Waals surface area (Å²) in [6, 6.07) is 0. The Labute approximate surface area is 57.0 Å². The molecular weight excluding hydrogens is 112 g/mol. The zero-order valence-corrected chi connectivity index (χ0v) is 6.35. The summed E-state index contributed by atoms with van der Waals surface area (Å²) >= 11 is 0. The molecule has 0 aliphatic heterocycles. The first-order valence-electron chi connectivity index (χ1n) is 3.06. The molecule has 0 spiro atoms. The van der Waals surface area contributed by atoms with E-state index in [0.29, 0.717) is 0 Å². The van der Waals surface area contributed by atoms with E-state index in [2.05, 4.69) is 6.58 Å². The van der Waals surface area contributed by atoms with Crippen LogP contribution in [0.3, 0.4) is 0 Å². The van der Waals surface area contributed by atoms with E-state index in [0.717, 1.165) is 5.57 Å². The van der Waals surface area contributed by atoms with Crippen molar-refractivity contribution in [2.45, 2.75) is 20.0 Å². The molecular formula is C8H14O. The highest BCUT2D eigenvalue weighted by molar-refractivity contribution is 5.17. The van der Waals surface area contributed by atoms with Crippen LogP contribution in [0.1, 0.15) is 13.8 Å². The van der Waals surface area contributed by atoms with Gasteiger partial charge in [0.2, 0.25) is 0 Å². The molecule has 0 fully saturated rings. The van der Waals surface area contributed by atoms with Crippen LogP contribution in [0.5, 0.6) is 0 Å². The van der Waals surface area contributed by atoms with E-state index in [1.54, 1.807) is 7.11 Å². The first-order valence-corrected chi connectivity index (χ1v) is 3.06. The van der Waals surface area contributed by atoms with Gasteiger partial charge in [-0.2, -0.15) is 0 Å². The Morgan fingerprint density at radius 3 is 2.56 bits per heavy atom. The number of hydrogen-bond donors (Lipinski definition) is 0. The van der Waals surface area contributed by atoms with E-state index in [-0.39, 0.29) is 6.10 Å². The minimum absolute atomic E-state index is 0.140. The zero-order valence-electron chi connectivity index (χ0n) is 6.35. The predicted molar refractivity (Wildman–Crippen MR) is 40.4 cm³/mol. The van der Waals surface area contributed by atoms with Gasteiger partial charge in [0, 0.05) is 7.11 Å². The zero-order chi connectivity index (χ0) is 7.28. The molecule has 0 aliphatic rings. The van der Waals surface area contributed by atoms with E-state index in [4.69, 9.17) is 4.74 Å². The van der Waals surface area contributed by atoms with Crippen LogP contribution in [0.2, 0.25) is 0 Å². The number of rotatable bonds is 3. The Bertz CT molecular complexity index is 114. The molecule has 0 rings (SSSR count). The van der Waals surface area contributed by atoms with Crippen molar-refractivity contribution in [2.24, 2.45) is 0 Å². The van der Waals surface area contributed by atoms with Crippen molar-refractivity contribution < 1.29 is 4.74 Å². The second-order valence-electron chi connectivity index (χ2n) is 1.95. The van der Waals surface area contributed by atoms with Gasteiger partial charge in [0.15, 0.2) is 0 Å². The van der Waals surface area contributed by atoms with Crippen LogP contribution in [-0.4, -0.2) is 13.2 Å². The fraction of sp³-hybridized carbons (Fsp3) is 0.500. The van der Waals surface area contributed by atoms with E-state index >= 15 is 0 Å². The second-order valence-corrected chi connectivity index (χ2v) is 1.95. The van der Waals surface area contributed by atoms with Gasteiger partial charge < -0.3 is 4.74 Å². The van der Waals surface area contributed by atoms with Gasteiger partial charge in [-0.3, -0.25) is 0 Å². The molecule has 9 heavy (non-hydrogen) atoms. The minimum Gasteiger partial charge on any atom is -0.377 e. The van der Waals surface area contributed by atoms with Crippen molar-refractivity contribution in [3.05, 3.63) is 24.3 Å². The van der Waals surface area contributed by atoms with Crippen molar-refractivity contribution in [3.8, 4) is 0 Å². The van der Waals surface area contributed by atoms with Crippen molar-refractivity contribution in [1.82, 2.24) is 0 Å². The minimum atomic E-state index is 0.140. The molecule has 52 valence electrons. The fourth-order valence-electron chi connectivity index (χ4n) is 0.501. The Hall–Kier alpha value is -0.560. The summed E-state index contributed by atoms with van der Waals surface area (Å²) in [6.07, 6.45) is 4.05. The molecule has 1 atom stereocenters. The van der Waals surface area contributed by atoms with Gasteiger partial charge in [0.25, 0.3) is 0 Å². The van der Waals surface area contributed by atoms with Gasteiger partial charge >= 0.3 is 0 Å². The van der Waals surface area contributed by atoms with Crippen LogP contribution in [0.15, 0.2) is 24.3 Å². The van der Waals surface area contributed by atoms with Crippen LogP contribution in [-0.2, 0) is 4.74 Å². The molecule has 0 aromatic rings. The summed E-state index contributed by atoms with van der Waals surface area (Å²) in [6.45, 7) is 7.74.